The molecule has 0 saturated carbocycles. The van der Waals surface area contributed by atoms with Crippen molar-refractivity contribution in [3.05, 3.63) is 74.9 Å². The van der Waals surface area contributed by atoms with Crippen LogP contribution in [0.3, 0.4) is 0 Å². The summed E-state index contributed by atoms with van der Waals surface area (Å²) in [4.78, 5) is 41.2. The van der Waals surface area contributed by atoms with Gasteiger partial charge in [-0.2, -0.15) is 0 Å². The van der Waals surface area contributed by atoms with Crippen molar-refractivity contribution in [3.8, 4) is 0 Å². The number of imide groups is 1. The van der Waals surface area contributed by atoms with Crippen molar-refractivity contribution in [1.82, 2.24) is 4.98 Å². The summed E-state index contributed by atoms with van der Waals surface area (Å²) in [6.45, 7) is 0. The van der Waals surface area contributed by atoms with Gasteiger partial charge in [-0.15, -0.1) is 0 Å². The maximum Gasteiger partial charge on any atom is 0.270 e. The number of non-ortho nitro benzene ring substituents is 1. The molecule has 2 amide bonds. The lowest BCUT2D eigenvalue weighted by Crippen LogP contribution is -2.41. The second-order valence-corrected chi connectivity index (χ2v) is 5.87. The molecule has 0 N–H and O–H groups in total. The van der Waals surface area contributed by atoms with Gasteiger partial charge in [-0.05, 0) is 23.6 Å². The lowest BCUT2D eigenvalue weighted by molar-refractivity contribution is -0.384. The molecule has 7 nitrogen and oxygen atoms in total. The maximum atomic E-state index is 12.9. The van der Waals surface area contributed by atoms with E-state index in [4.69, 9.17) is 11.6 Å². The molecule has 0 atom stereocenters. The monoisotopic (exact) mass is 353 g/mol. The van der Waals surface area contributed by atoms with E-state index in [9.17, 15) is 19.7 Å². The Bertz CT molecular complexity index is 1080. The van der Waals surface area contributed by atoms with Gasteiger partial charge in [0.2, 0.25) is 0 Å². The number of nitro groups is 1. The lowest BCUT2D eigenvalue weighted by atomic mass is 9.93. The van der Waals surface area contributed by atoms with Crippen LogP contribution in [-0.2, 0) is 0 Å². The summed E-state index contributed by atoms with van der Waals surface area (Å²) < 4.78 is 0. The van der Waals surface area contributed by atoms with E-state index in [1.54, 1.807) is 18.2 Å². The van der Waals surface area contributed by atoms with Crippen LogP contribution in [-0.4, -0.2) is 21.7 Å². The zero-order valence-corrected chi connectivity index (χ0v) is 13.2. The summed E-state index contributed by atoms with van der Waals surface area (Å²) in [5, 5.41) is 12.4. The average molecular weight is 354 g/mol. The van der Waals surface area contributed by atoms with Gasteiger partial charge in [0.25, 0.3) is 17.5 Å². The minimum Gasteiger partial charge on any atom is -0.268 e. The summed E-state index contributed by atoms with van der Waals surface area (Å²) in [5.41, 5.74) is 0.168. The summed E-state index contributed by atoms with van der Waals surface area (Å²) >= 11 is 5.80. The molecule has 4 rings (SSSR count). The van der Waals surface area contributed by atoms with Crippen LogP contribution >= 0.6 is 11.6 Å². The quantitative estimate of drug-likeness (QED) is 0.398. The molecule has 25 heavy (non-hydrogen) atoms. The molecule has 0 fully saturated rings. The molecule has 2 heterocycles. The van der Waals surface area contributed by atoms with Gasteiger partial charge in [0.15, 0.2) is 0 Å². The molecule has 0 spiro atoms. The van der Waals surface area contributed by atoms with E-state index in [0.717, 1.165) is 4.90 Å². The zero-order valence-electron chi connectivity index (χ0n) is 12.5. The maximum absolute atomic E-state index is 12.9. The molecule has 3 aromatic rings. The summed E-state index contributed by atoms with van der Waals surface area (Å²) in [6, 6.07) is 10.3. The van der Waals surface area contributed by atoms with Crippen molar-refractivity contribution < 1.29 is 14.5 Å². The van der Waals surface area contributed by atoms with Crippen molar-refractivity contribution in [2.75, 3.05) is 4.90 Å². The molecule has 8 heteroatoms. The Morgan fingerprint density at radius 2 is 1.80 bits per heavy atom. The molecule has 0 unspecified atom stereocenters. The van der Waals surface area contributed by atoms with Crippen LogP contribution in [0.1, 0.15) is 20.7 Å². The second kappa shape index (κ2) is 5.35. The highest BCUT2D eigenvalue weighted by molar-refractivity contribution is 6.36. The first-order chi connectivity index (χ1) is 12.0. The van der Waals surface area contributed by atoms with Crippen LogP contribution in [0, 0.1) is 10.1 Å². The molecular weight excluding hydrogens is 346 g/mol. The number of rotatable bonds is 2. The summed E-state index contributed by atoms with van der Waals surface area (Å²) in [5.74, 6) is -1.09. The predicted octanol–water partition coefficient (Wildman–Crippen LogP) is 3.60. The Kier molecular flexibility index (Phi) is 3.26. The van der Waals surface area contributed by atoms with Crippen LogP contribution in [0.4, 0.5) is 11.5 Å². The third-order valence-corrected chi connectivity index (χ3v) is 4.20. The van der Waals surface area contributed by atoms with E-state index < -0.39 is 16.7 Å². The van der Waals surface area contributed by atoms with Gasteiger partial charge in [0, 0.05) is 29.3 Å². The van der Waals surface area contributed by atoms with Crippen LogP contribution in [0.25, 0.3) is 10.8 Å². The Labute approximate surface area is 145 Å². The number of amides is 2. The highest BCUT2D eigenvalue weighted by Crippen LogP contribution is 2.35. The van der Waals surface area contributed by atoms with E-state index in [2.05, 4.69) is 4.98 Å². The lowest BCUT2D eigenvalue weighted by Gasteiger charge is -2.26. The fraction of sp³-hybridized carbons (Fsp3) is 0. The normalized spacial score (nSPS) is 13.4. The van der Waals surface area contributed by atoms with Crippen LogP contribution in [0.2, 0.25) is 5.02 Å². The van der Waals surface area contributed by atoms with Gasteiger partial charge in [-0.3, -0.25) is 19.7 Å². The number of anilines is 1. The number of benzene rings is 2. The number of pyridine rings is 1. The smallest absolute Gasteiger partial charge is 0.268 e. The number of carbonyl (C=O) groups excluding carboxylic acids is 2. The van der Waals surface area contributed by atoms with Crippen LogP contribution in [0.15, 0.2) is 48.7 Å². The van der Waals surface area contributed by atoms with Crippen molar-refractivity contribution >= 4 is 45.7 Å². The third-order valence-electron chi connectivity index (χ3n) is 3.98. The van der Waals surface area contributed by atoms with E-state index in [0.29, 0.717) is 21.4 Å². The second-order valence-electron chi connectivity index (χ2n) is 5.43. The number of aromatic nitrogens is 1. The van der Waals surface area contributed by atoms with Gasteiger partial charge in [-0.1, -0.05) is 23.7 Å². The first-order valence-corrected chi connectivity index (χ1v) is 7.56. The Hall–Kier alpha value is -3.32. The van der Waals surface area contributed by atoms with Gasteiger partial charge in [-0.25, -0.2) is 9.88 Å². The third kappa shape index (κ3) is 2.25. The molecule has 2 aromatic carbocycles. The fourth-order valence-electron chi connectivity index (χ4n) is 2.91. The van der Waals surface area contributed by atoms with Crippen LogP contribution < -0.4 is 4.90 Å². The predicted molar refractivity (Wildman–Crippen MR) is 91.0 cm³/mol. The van der Waals surface area contributed by atoms with Crippen molar-refractivity contribution in [2.45, 2.75) is 0 Å². The van der Waals surface area contributed by atoms with E-state index in [1.807, 2.05) is 0 Å². The Morgan fingerprint density at radius 1 is 1.04 bits per heavy atom. The highest BCUT2D eigenvalue weighted by atomic mass is 35.5. The standard InChI is InChI=1S/C17H8ClN3O4/c18-10-4-5-14(19-8-10)20-16(22)12-3-1-2-9-6-11(21(24)25)7-13(15(9)12)17(20)23/h1-8H. The number of nitro benzene ring substituents is 1. The first-order valence-electron chi connectivity index (χ1n) is 7.19. The number of hydrogen-bond acceptors (Lipinski definition) is 5. The largest absolute Gasteiger partial charge is 0.270 e. The van der Waals surface area contributed by atoms with Crippen molar-refractivity contribution in [2.24, 2.45) is 0 Å². The van der Waals surface area contributed by atoms with Gasteiger partial charge in [0.1, 0.15) is 5.82 Å². The van der Waals surface area contributed by atoms with E-state index in [1.165, 1.54) is 30.5 Å². The minimum absolute atomic E-state index is 0.0937. The number of halogens is 1. The van der Waals surface area contributed by atoms with E-state index >= 15 is 0 Å². The van der Waals surface area contributed by atoms with Gasteiger partial charge < -0.3 is 0 Å². The Balaban J connectivity index is 2.00. The first kappa shape index (κ1) is 15.2. The SMILES string of the molecule is O=C1c2cccc3cc([N+](=O)[O-])cc(c23)C(=O)N1c1ccc(Cl)cn1. The van der Waals surface area contributed by atoms with Crippen LogP contribution in [0.5, 0.6) is 0 Å². The molecule has 0 saturated heterocycles. The minimum atomic E-state index is -0.660. The molecule has 0 bridgehead atoms. The summed E-state index contributed by atoms with van der Waals surface area (Å²) in [6.07, 6.45) is 1.32. The molecule has 0 aliphatic carbocycles. The summed E-state index contributed by atoms with van der Waals surface area (Å²) in [7, 11) is 0. The van der Waals surface area contributed by atoms with E-state index in [-0.39, 0.29) is 17.1 Å². The average Bonchev–Trinajstić information content (AvgIpc) is 2.60. The topological polar surface area (TPSA) is 93.4 Å². The zero-order chi connectivity index (χ0) is 17.7. The Morgan fingerprint density at radius 3 is 2.48 bits per heavy atom. The molecular formula is C17H8ClN3O4. The molecule has 0 radical (unpaired) electrons. The van der Waals surface area contributed by atoms with Crippen molar-refractivity contribution in [1.29, 1.82) is 0 Å². The molecule has 1 aromatic heterocycles. The fourth-order valence-corrected chi connectivity index (χ4v) is 3.02. The number of nitrogens with zero attached hydrogens (tertiary/aromatic N) is 3. The molecule has 122 valence electrons. The highest BCUT2D eigenvalue weighted by Gasteiger charge is 2.35. The van der Waals surface area contributed by atoms with Crippen molar-refractivity contribution in [3.63, 3.8) is 0 Å². The molecule has 1 aliphatic rings. The molecule has 1 aliphatic heterocycles. The van der Waals surface area contributed by atoms with Gasteiger partial charge >= 0.3 is 0 Å². The van der Waals surface area contributed by atoms with Gasteiger partial charge in [0.05, 0.1) is 15.5 Å². The number of hydrogen-bond donors (Lipinski definition) is 0. The number of carbonyl (C=O) groups is 2.